The number of methoxy groups -OCH3 is 1. The molecule has 1 aliphatic rings. The minimum Gasteiger partial charge on any atom is -0.496 e. The van der Waals surface area contributed by atoms with Gasteiger partial charge in [0.15, 0.2) is 0 Å². The molecule has 0 bridgehead atoms. The summed E-state index contributed by atoms with van der Waals surface area (Å²) in [6.07, 6.45) is 2.52. The molecule has 18 heavy (non-hydrogen) atoms. The summed E-state index contributed by atoms with van der Waals surface area (Å²) in [5, 5.41) is 6.23. The van der Waals surface area contributed by atoms with Crippen LogP contribution in [0.2, 0.25) is 0 Å². The molecular weight excluding hydrogens is 296 g/mol. The van der Waals surface area contributed by atoms with Gasteiger partial charge in [-0.25, -0.2) is 0 Å². The van der Waals surface area contributed by atoms with Crippen molar-refractivity contribution in [3.8, 4) is 5.75 Å². The van der Waals surface area contributed by atoms with Crippen LogP contribution < -0.4 is 15.4 Å². The van der Waals surface area contributed by atoms with E-state index < -0.39 is 0 Å². The lowest BCUT2D eigenvalue weighted by Gasteiger charge is -2.10. The van der Waals surface area contributed by atoms with Gasteiger partial charge >= 0.3 is 0 Å². The third-order valence-corrected chi connectivity index (χ3v) is 3.32. The first-order chi connectivity index (χ1) is 8.70. The number of carbonyl (C=O) groups excluding carboxylic acids is 1. The second-order valence-corrected chi connectivity index (χ2v) is 5.24. The normalized spacial score (nSPS) is 14.3. The van der Waals surface area contributed by atoms with Gasteiger partial charge in [-0.1, -0.05) is 15.9 Å². The molecule has 0 unspecified atom stereocenters. The molecule has 0 saturated heterocycles. The zero-order valence-electron chi connectivity index (χ0n) is 10.3. The summed E-state index contributed by atoms with van der Waals surface area (Å²) in [6.45, 7) is 1.45. The van der Waals surface area contributed by atoms with Crippen molar-refractivity contribution < 1.29 is 9.53 Å². The Labute approximate surface area is 115 Å². The molecule has 4 nitrogen and oxygen atoms in total. The van der Waals surface area contributed by atoms with Crippen LogP contribution in [-0.4, -0.2) is 32.1 Å². The molecule has 0 radical (unpaired) electrons. The largest absolute Gasteiger partial charge is 0.496 e. The maximum atomic E-state index is 12.0. The Balaban J connectivity index is 1.86. The first kappa shape index (κ1) is 13.4. The minimum absolute atomic E-state index is 0.100. The minimum atomic E-state index is -0.100. The van der Waals surface area contributed by atoms with Gasteiger partial charge in [-0.05, 0) is 31.0 Å². The number of amides is 1. The van der Waals surface area contributed by atoms with E-state index in [9.17, 15) is 4.79 Å². The molecule has 0 spiro atoms. The number of benzene rings is 1. The van der Waals surface area contributed by atoms with Crippen molar-refractivity contribution in [3.05, 3.63) is 28.2 Å². The number of halogens is 1. The van der Waals surface area contributed by atoms with E-state index in [1.54, 1.807) is 19.2 Å². The Morgan fingerprint density at radius 3 is 2.89 bits per heavy atom. The van der Waals surface area contributed by atoms with Crippen LogP contribution in [0.5, 0.6) is 5.75 Å². The van der Waals surface area contributed by atoms with E-state index >= 15 is 0 Å². The van der Waals surface area contributed by atoms with E-state index in [4.69, 9.17) is 4.74 Å². The van der Waals surface area contributed by atoms with E-state index in [-0.39, 0.29) is 5.91 Å². The van der Waals surface area contributed by atoms with Crippen LogP contribution in [0, 0.1) is 0 Å². The van der Waals surface area contributed by atoms with Crippen molar-refractivity contribution >= 4 is 21.8 Å². The monoisotopic (exact) mass is 312 g/mol. The number of ether oxygens (including phenoxy) is 1. The molecule has 1 aromatic rings. The van der Waals surface area contributed by atoms with Gasteiger partial charge < -0.3 is 15.4 Å². The predicted molar refractivity (Wildman–Crippen MR) is 74.1 cm³/mol. The Hall–Kier alpha value is -1.07. The fourth-order valence-electron chi connectivity index (χ4n) is 1.69. The van der Waals surface area contributed by atoms with E-state index in [2.05, 4.69) is 26.6 Å². The number of hydrogen-bond acceptors (Lipinski definition) is 3. The maximum Gasteiger partial charge on any atom is 0.255 e. The molecular formula is C13H17BrN2O2. The van der Waals surface area contributed by atoms with Gasteiger partial charge in [0.2, 0.25) is 0 Å². The highest BCUT2D eigenvalue weighted by Gasteiger charge is 2.19. The van der Waals surface area contributed by atoms with Gasteiger partial charge in [-0.15, -0.1) is 0 Å². The Bertz CT molecular complexity index is 433. The first-order valence-corrected chi connectivity index (χ1v) is 6.85. The standard InChI is InChI=1S/C13H17BrN2O2/c1-18-12-8-9(14)2-5-11(12)13(17)16-7-6-15-10-3-4-10/h2,5,8,10,15H,3-4,6-7H2,1H3,(H,16,17). The Morgan fingerprint density at radius 1 is 1.44 bits per heavy atom. The number of rotatable bonds is 6. The number of hydrogen-bond donors (Lipinski definition) is 2. The average molecular weight is 313 g/mol. The van der Waals surface area contributed by atoms with E-state index in [0.717, 1.165) is 11.0 Å². The quantitative estimate of drug-likeness (QED) is 0.789. The third kappa shape index (κ3) is 3.71. The van der Waals surface area contributed by atoms with Crippen LogP contribution in [0.25, 0.3) is 0 Å². The second-order valence-electron chi connectivity index (χ2n) is 4.33. The molecule has 0 atom stereocenters. The predicted octanol–water partition coefficient (Wildman–Crippen LogP) is 1.94. The molecule has 1 amide bonds. The third-order valence-electron chi connectivity index (χ3n) is 2.83. The summed E-state index contributed by atoms with van der Waals surface area (Å²) >= 11 is 3.35. The lowest BCUT2D eigenvalue weighted by atomic mass is 10.2. The smallest absolute Gasteiger partial charge is 0.255 e. The second kappa shape index (κ2) is 6.20. The summed E-state index contributed by atoms with van der Waals surface area (Å²) in [4.78, 5) is 12.0. The zero-order chi connectivity index (χ0) is 13.0. The first-order valence-electron chi connectivity index (χ1n) is 6.06. The van der Waals surface area contributed by atoms with Gasteiger partial charge in [0.1, 0.15) is 5.75 Å². The lowest BCUT2D eigenvalue weighted by Crippen LogP contribution is -2.32. The van der Waals surface area contributed by atoms with Crippen molar-refractivity contribution in [2.24, 2.45) is 0 Å². The number of nitrogens with one attached hydrogen (secondary N) is 2. The van der Waals surface area contributed by atoms with E-state index in [1.165, 1.54) is 12.8 Å². The Kier molecular flexibility index (Phi) is 4.60. The van der Waals surface area contributed by atoms with Crippen LogP contribution in [0.1, 0.15) is 23.2 Å². The highest BCUT2D eigenvalue weighted by atomic mass is 79.9. The molecule has 1 saturated carbocycles. The summed E-state index contributed by atoms with van der Waals surface area (Å²) in [5.74, 6) is 0.481. The highest BCUT2D eigenvalue weighted by Crippen LogP contribution is 2.23. The van der Waals surface area contributed by atoms with Crippen molar-refractivity contribution in [2.75, 3.05) is 20.2 Å². The highest BCUT2D eigenvalue weighted by molar-refractivity contribution is 9.10. The van der Waals surface area contributed by atoms with Gasteiger partial charge in [0.05, 0.1) is 12.7 Å². The van der Waals surface area contributed by atoms with Gasteiger partial charge in [-0.3, -0.25) is 4.79 Å². The summed E-state index contributed by atoms with van der Waals surface area (Å²) < 4.78 is 6.09. The topological polar surface area (TPSA) is 50.4 Å². The molecule has 0 heterocycles. The fraction of sp³-hybridized carbons (Fsp3) is 0.462. The van der Waals surface area contributed by atoms with Crippen LogP contribution in [0.4, 0.5) is 0 Å². The molecule has 2 N–H and O–H groups in total. The number of carbonyl (C=O) groups is 1. The molecule has 1 fully saturated rings. The molecule has 1 aromatic carbocycles. The average Bonchev–Trinajstić information content (AvgIpc) is 3.18. The molecule has 98 valence electrons. The van der Waals surface area contributed by atoms with Crippen molar-refractivity contribution in [1.29, 1.82) is 0 Å². The van der Waals surface area contributed by atoms with Crippen LogP contribution in [0.15, 0.2) is 22.7 Å². The lowest BCUT2D eigenvalue weighted by molar-refractivity contribution is 0.0951. The molecule has 1 aliphatic carbocycles. The summed E-state index contributed by atoms with van der Waals surface area (Å²) in [5.41, 5.74) is 0.562. The molecule has 0 aliphatic heterocycles. The SMILES string of the molecule is COc1cc(Br)ccc1C(=O)NCCNC1CC1. The van der Waals surface area contributed by atoms with Crippen molar-refractivity contribution in [3.63, 3.8) is 0 Å². The Morgan fingerprint density at radius 2 is 2.22 bits per heavy atom. The van der Waals surface area contributed by atoms with E-state index in [1.807, 2.05) is 6.07 Å². The van der Waals surface area contributed by atoms with Gasteiger partial charge in [-0.2, -0.15) is 0 Å². The van der Waals surface area contributed by atoms with Crippen LogP contribution >= 0.6 is 15.9 Å². The van der Waals surface area contributed by atoms with Gasteiger partial charge in [0, 0.05) is 23.6 Å². The fourth-order valence-corrected chi connectivity index (χ4v) is 2.03. The molecule has 0 aromatic heterocycles. The van der Waals surface area contributed by atoms with Crippen molar-refractivity contribution in [1.82, 2.24) is 10.6 Å². The molecule has 5 heteroatoms. The summed E-state index contributed by atoms with van der Waals surface area (Å²) in [7, 11) is 1.56. The zero-order valence-corrected chi connectivity index (χ0v) is 11.9. The van der Waals surface area contributed by atoms with E-state index in [0.29, 0.717) is 23.9 Å². The molecule has 2 rings (SSSR count). The van der Waals surface area contributed by atoms with Gasteiger partial charge in [0.25, 0.3) is 5.91 Å². The van der Waals surface area contributed by atoms with Crippen molar-refractivity contribution in [2.45, 2.75) is 18.9 Å². The van der Waals surface area contributed by atoms with Crippen LogP contribution in [-0.2, 0) is 0 Å². The maximum absolute atomic E-state index is 12.0. The van der Waals surface area contributed by atoms with Crippen LogP contribution in [0.3, 0.4) is 0 Å². The summed E-state index contributed by atoms with van der Waals surface area (Å²) in [6, 6.07) is 6.05.